The van der Waals surface area contributed by atoms with Crippen molar-refractivity contribution in [2.24, 2.45) is 0 Å². The van der Waals surface area contributed by atoms with Crippen LogP contribution in [0.3, 0.4) is 0 Å². The van der Waals surface area contributed by atoms with E-state index < -0.39 is 20.1 Å². The maximum atomic E-state index is 5.18. The Morgan fingerprint density at radius 2 is 1.60 bits per heavy atom. The summed E-state index contributed by atoms with van der Waals surface area (Å²) in [5.41, 5.74) is 0. The number of hydrogen-bond acceptors (Lipinski definition) is 0. The van der Waals surface area contributed by atoms with Gasteiger partial charge in [0.05, 0.1) is 0 Å². The second-order valence-electron chi connectivity index (χ2n) is 0.330. The normalized spacial score (nSPS) is 10.4. The van der Waals surface area contributed by atoms with Crippen molar-refractivity contribution in [1.29, 1.82) is 0 Å². The zero-order valence-electron chi connectivity index (χ0n) is 2.09. The van der Waals surface area contributed by atoms with Crippen LogP contribution >= 0.6 is 32.1 Å². The second kappa shape index (κ2) is 3.78. The van der Waals surface area contributed by atoms with Crippen LogP contribution in [0.4, 0.5) is 0 Å². The Morgan fingerprint density at radius 3 is 1.60 bits per heavy atom. The van der Waals surface area contributed by atoms with E-state index in [0.29, 0.717) is 0 Å². The number of alkyl halides is 3. The monoisotopic (exact) mass is 245 g/mol. The predicted molar refractivity (Wildman–Crippen MR) is 21.3 cm³/mol. The molecule has 0 fully saturated rings. The molecule has 0 aromatic rings. The average Bonchev–Trinajstić information content (AvgIpc) is 1.38. The minimum atomic E-state index is -0.449. The van der Waals surface area contributed by atoms with Crippen LogP contribution in [0.5, 0.6) is 0 Å². The first-order chi connectivity index (χ1) is 2.27. The fourth-order valence-corrected chi connectivity index (χ4v) is 0. The Kier molecular flexibility index (Phi) is 4.99. The molecule has 0 N–H and O–H groups in total. The van der Waals surface area contributed by atoms with E-state index in [2.05, 4.69) is 0 Å². The zero-order chi connectivity index (χ0) is 4.28. The Morgan fingerprint density at radius 1 is 1.40 bits per heavy atom. The minimum absolute atomic E-state index is 0.296. The third-order valence-electron chi connectivity index (χ3n) is 0.0623. The van der Waals surface area contributed by atoms with Crippen molar-refractivity contribution in [2.75, 3.05) is 0 Å². The summed E-state index contributed by atoms with van der Waals surface area (Å²) in [4.78, 5) is 0. The van der Waals surface area contributed by atoms with Gasteiger partial charge in [0.25, 0.3) is 0 Å². The van der Waals surface area contributed by atoms with Gasteiger partial charge in [-0.3, -0.25) is 0 Å². The maximum absolute atomic E-state index is 5.18. The van der Waals surface area contributed by atoms with E-state index in [1.807, 2.05) is 0 Å². The SMILES string of the molecule is Cl[I-]C(Cl)Cl. The first-order valence-corrected chi connectivity index (χ1v) is 5.65. The molecule has 0 unspecified atom stereocenters. The van der Waals surface area contributed by atoms with Crippen LogP contribution in [0.1, 0.15) is 0 Å². The van der Waals surface area contributed by atoms with Crippen molar-refractivity contribution in [2.45, 2.75) is 2.84 Å². The van der Waals surface area contributed by atoms with Crippen molar-refractivity contribution < 1.29 is 20.1 Å². The van der Waals surface area contributed by atoms with Crippen molar-refractivity contribution in [3.8, 4) is 0 Å². The number of rotatable bonds is 1. The van der Waals surface area contributed by atoms with Gasteiger partial charge < -0.3 is 0 Å². The first kappa shape index (κ1) is 6.60. The molecule has 0 amide bonds. The molecule has 0 aliphatic rings. The summed E-state index contributed by atoms with van der Waals surface area (Å²) in [5, 5.41) is 0. The van der Waals surface area contributed by atoms with Crippen molar-refractivity contribution in [3.63, 3.8) is 0 Å². The first-order valence-electron chi connectivity index (χ1n) is 0.798. The Hall–Kier alpha value is 1.60. The Bertz CT molecular complexity index is 20.9. The third kappa shape index (κ3) is 5.60. The summed E-state index contributed by atoms with van der Waals surface area (Å²) in [5.74, 6) is 0. The van der Waals surface area contributed by atoms with Crippen LogP contribution in [-0.4, -0.2) is 2.84 Å². The molecule has 0 heterocycles. The molecular formula is CHCl3I-. The average molecular weight is 246 g/mol. The van der Waals surface area contributed by atoms with Gasteiger partial charge in [0, 0.05) is 0 Å². The molecule has 0 aliphatic heterocycles. The van der Waals surface area contributed by atoms with E-state index in [9.17, 15) is 0 Å². The van der Waals surface area contributed by atoms with Crippen LogP contribution < -0.4 is 20.1 Å². The fraction of sp³-hybridized carbons (Fsp3) is 1.00. The van der Waals surface area contributed by atoms with Gasteiger partial charge >= 0.3 is 55.0 Å². The van der Waals surface area contributed by atoms with Gasteiger partial charge in [-0.1, -0.05) is 0 Å². The molecule has 0 bridgehead atoms. The van der Waals surface area contributed by atoms with Crippen LogP contribution in [-0.2, 0) is 0 Å². The molecule has 0 saturated carbocycles. The molecule has 4 heteroatoms. The molecule has 0 aliphatic carbocycles. The summed E-state index contributed by atoms with van der Waals surface area (Å²) in [7, 11) is 5.18. The summed E-state index contributed by atoms with van der Waals surface area (Å²) in [6.07, 6.45) is 0. The van der Waals surface area contributed by atoms with Crippen molar-refractivity contribution in [3.05, 3.63) is 0 Å². The zero-order valence-corrected chi connectivity index (χ0v) is 6.51. The van der Waals surface area contributed by atoms with Crippen molar-refractivity contribution in [1.82, 2.24) is 0 Å². The Labute approximate surface area is 54.7 Å². The molecule has 0 aromatic carbocycles. The van der Waals surface area contributed by atoms with Crippen molar-refractivity contribution >= 4 is 32.1 Å². The fourth-order valence-electron chi connectivity index (χ4n) is 0. The topological polar surface area (TPSA) is 0 Å². The molecule has 0 nitrogen and oxygen atoms in total. The van der Waals surface area contributed by atoms with Gasteiger partial charge in [-0.15, -0.1) is 0 Å². The Balaban J connectivity index is 2.54. The molecule has 34 valence electrons. The molecule has 0 aromatic heterocycles. The van der Waals surface area contributed by atoms with Crippen LogP contribution in [0.2, 0.25) is 0 Å². The van der Waals surface area contributed by atoms with E-state index in [-0.39, 0.29) is 2.84 Å². The summed E-state index contributed by atoms with van der Waals surface area (Å²) in [6, 6.07) is 0. The number of halogens is 4. The standard InChI is InChI=1S/CHCl3I/c2-1(3)5-4/h1H/q-1. The van der Waals surface area contributed by atoms with Gasteiger partial charge in [-0.2, -0.15) is 0 Å². The molecule has 0 saturated heterocycles. The van der Waals surface area contributed by atoms with E-state index in [4.69, 9.17) is 32.1 Å². The molecular weight excluding hydrogens is 245 g/mol. The molecule has 5 heavy (non-hydrogen) atoms. The van der Waals surface area contributed by atoms with Gasteiger partial charge in [0.1, 0.15) is 0 Å². The summed E-state index contributed by atoms with van der Waals surface area (Å²) < 4.78 is -0.296. The van der Waals surface area contributed by atoms with Gasteiger partial charge in [-0.05, 0) is 0 Å². The molecule has 0 atom stereocenters. The van der Waals surface area contributed by atoms with E-state index in [1.165, 1.54) is 0 Å². The van der Waals surface area contributed by atoms with E-state index in [0.717, 1.165) is 0 Å². The van der Waals surface area contributed by atoms with E-state index in [1.54, 1.807) is 0 Å². The molecule has 0 radical (unpaired) electrons. The third-order valence-corrected chi connectivity index (χ3v) is 3.76. The molecule has 0 rings (SSSR count). The van der Waals surface area contributed by atoms with Gasteiger partial charge in [0.15, 0.2) is 0 Å². The van der Waals surface area contributed by atoms with E-state index >= 15 is 0 Å². The van der Waals surface area contributed by atoms with Crippen LogP contribution in [0.25, 0.3) is 0 Å². The molecule has 0 spiro atoms. The van der Waals surface area contributed by atoms with Gasteiger partial charge in [-0.25, -0.2) is 0 Å². The van der Waals surface area contributed by atoms with Crippen LogP contribution in [0, 0.1) is 0 Å². The summed E-state index contributed by atoms with van der Waals surface area (Å²) in [6.45, 7) is 0. The van der Waals surface area contributed by atoms with Crippen LogP contribution in [0.15, 0.2) is 0 Å². The van der Waals surface area contributed by atoms with Gasteiger partial charge in [0.2, 0.25) is 0 Å². The quantitative estimate of drug-likeness (QED) is 0.411. The summed E-state index contributed by atoms with van der Waals surface area (Å²) >= 11 is 9.84. The predicted octanol–water partition coefficient (Wildman–Crippen LogP) is -1.01. The second-order valence-corrected chi connectivity index (χ2v) is 5.72. The number of hydrogen-bond donors (Lipinski definition) is 0.